The number of carbonyl (C=O) groups excluding carboxylic acids is 1. The number of hydrogen-bond donors (Lipinski definition) is 2. The Kier molecular flexibility index (Phi) is 5.03. The van der Waals surface area contributed by atoms with Crippen molar-refractivity contribution in [2.24, 2.45) is 0 Å². The monoisotopic (exact) mass is 268 g/mol. The summed E-state index contributed by atoms with van der Waals surface area (Å²) in [7, 11) is 0. The van der Waals surface area contributed by atoms with Crippen LogP contribution in [0.4, 0.5) is 5.69 Å². The van der Waals surface area contributed by atoms with Crippen molar-refractivity contribution in [3.05, 3.63) is 28.8 Å². The lowest BCUT2D eigenvalue weighted by molar-refractivity contribution is -0.121. The summed E-state index contributed by atoms with van der Waals surface area (Å²) in [4.78, 5) is 11.8. The van der Waals surface area contributed by atoms with Gasteiger partial charge in [0.1, 0.15) is 0 Å². The molecule has 0 aliphatic heterocycles. The topological polar surface area (TPSA) is 41.1 Å². The fourth-order valence-electron chi connectivity index (χ4n) is 1.53. The van der Waals surface area contributed by atoms with Crippen LogP contribution in [0, 0.1) is 6.92 Å². The molecule has 0 spiro atoms. The van der Waals surface area contributed by atoms with Crippen molar-refractivity contribution in [2.45, 2.75) is 39.7 Å². The van der Waals surface area contributed by atoms with Crippen LogP contribution in [0.5, 0.6) is 0 Å². The molecule has 1 aromatic rings. The van der Waals surface area contributed by atoms with E-state index < -0.39 is 0 Å². The van der Waals surface area contributed by atoms with Crippen LogP contribution in [-0.4, -0.2) is 18.0 Å². The van der Waals surface area contributed by atoms with Crippen LogP contribution >= 0.6 is 11.6 Å². The van der Waals surface area contributed by atoms with Gasteiger partial charge in [0, 0.05) is 5.54 Å². The van der Waals surface area contributed by atoms with Crippen molar-refractivity contribution in [2.75, 3.05) is 11.9 Å². The average molecular weight is 269 g/mol. The molecule has 4 heteroatoms. The predicted molar refractivity (Wildman–Crippen MR) is 77.2 cm³/mol. The van der Waals surface area contributed by atoms with Crippen LogP contribution in [-0.2, 0) is 4.79 Å². The van der Waals surface area contributed by atoms with E-state index in [1.807, 2.05) is 45.9 Å². The molecule has 1 aromatic carbocycles. The number of carbonyl (C=O) groups is 1. The van der Waals surface area contributed by atoms with Crippen molar-refractivity contribution in [3.63, 3.8) is 0 Å². The molecule has 1 amide bonds. The van der Waals surface area contributed by atoms with Crippen LogP contribution in [0.15, 0.2) is 18.2 Å². The second kappa shape index (κ2) is 6.10. The van der Waals surface area contributed by atoms with Gasteiger partial charge in [-0.05, 0) is 38.8 Å². The molecule has 0 aromatic heterocycles. The Labute approximate surface area is 114 Å². The summed E-state index contributed by atoms with van der Waals surface area (Å²) in [6.07, 6.45) is 0.893. The van der Waals surface area contributed by atoms with Gasteiger partial charge in [-0.1, -0.05) is 30.7 Å². The molecule has 0 fully saturated rings. The third kappa shape index (κ3) is 4.22. The second-order valence-corrected chi connectivity index (χ2v) is 5.48. The number of rotatable bonds is 5. The fraction of sp³-hybridized carbons (Fsp3) is 0.500. The molecule has 18 heavy (non-hydrogen) atoms. The number of para-hydroxylation sites is 1. The number of anilines is 1. The Hall–Kier alpha value is -1.22. The molecule has 1 rings (SSSR count). The number of benzene rings is 1. The average Bonchev–Trinajstić information content (AvgIpc) is 2.28. The first-order valence-electron chi connectivity index (χ1n) is 6.15. The summed E-state index contributed by atoms with van der Waals surface area (Å²) in [6, 6.07) is 5.66. The first-order valence-corrected chi connectivity index (χ1v) is 6.53. The highest BCUT2D eigenvalue weighted by Gasteiger charge is 2.17. The van der Waals surface area contributed by atoms with Crippen molar-refractivity contribution >= 4 is 23.2 Å². The minimum absolute atomic E-state index is 0.0267. The standard InChI is InChI=1S/C14H21ClN2O/c1-5-14(3,4)17-12(18)9-16-13-10(2)7-6-8-11(13)15/h6-8,16H,5,9H2,1-4H3,(H,17,18). The molecule has 2 N–H and O–H groups in total. The lowest BCUT2D eigenvalue weighted by Crippen LogP contribution is -2.45. The maximum absolute atomic E-state index is 11.8. The third-order valence-corrected chi connectivity index (χ3v) is 3.32. The number of amides is 1. The Bertz CT molecular complexity index is 410. The molecule has 0 saturated carbocycles. The van der Waals surface area contributed by atoms with Gasteiger partial charge < -0.3 is 10.6 Å². The molecule has 0 heterocycles. The van der Waals surface area contributed by atoms with E-state index in [1.54, 1.807) is 0 Å². The van der Waals surface area contributed by atoms with E-state index in [1.165, 1.54) is 0 Å². The number of nitrogens with one attached hydrogen (secondary N) is 2. The van der Waals surface area contributed by atoms with E-state index in [4.69, 9.17) is 11.6 Å². The van der Waals surface area contributed by atoms with Gasteiger partial charge in [-0.3, -0.25) is 4.79 Å². The molecule has 0 atom stereocenters. The van der Waals surface area contributed by atoms with E-state index in [2.05, 4.69) is 10.6 Å². The van der Waals surface area contributed by atoms with Gasteiger partial charge >= 0.3 is 0 Å². The Morgan fingerprint density at radius 2 is 2.06 bits per heavy atom. The second-order valence-electron chi connectivity index (χ2n) is 5.07. The number of hydrogen-bond acceptors (Lipinski definition) is 2. The Morgan fingerprint density at radius 1 is 1.39 bits per heavy atom. The van der Waals surface area contributed by atoms with Crippen LogP contribution < -0.4 is 10.6 Å². The van der Waals surface area contributed by atoms with Crippen LogP contribution in [0.25, 0.3) is 0 Å². The van der Waals surface area contributed by atoms with Crippen LogP contribution in [0.3, 0.4) is 0 Å². The predicted octanol–water partition coefficient (Wildman–Crippen LogP) is 3.37. The summed E-state index contributed by atoms with van der Waals surface area (Å²) in [5, 5.41) is 6.69. The molecule has 0 bridgehead atoms. The van der Waals surface area contributed by atoms with E-state index in [9.17, 15) is 4.79 Å². The van der Waals surface area contributed by atoms with Gasteiger partial charge in [-0.15, -0.1) is 0 Å². The minimum Gasteiger partial charge on any atom is -0.375 e. The van der Waals surface area contributed by atoms with E-state index in [0.29, 0.717) is 5.02 Å². The summed E-state index contributed by atoms with van der Waals surface area (Å²) < 4.78 is 0. The summed E-state index contributed by atoms with van der Waals surface area (Å²) >= 11 is 6.08. The Balaban J connectivity index is 2.58. The Morgan fingerprint density at radius 3 is 2.61 bits per heavy atom. The molecule has 0 aliphatic rings. The van der Waals surface area contributed by atoms with Crippen molar-refractivity contribution in [3.8, 4) is 0 Å². The smallest absolute Gasteiger partial charge is 0.239 e. The zero-order valence-electron chi connectivity index (χ0n) is 11.4. The summed E-state index contributed by atoms with van der Waals surface area (Å²) in [5.41, 5.74) is 1.68. The molecular formula is C14H21ClN2O. The maximum Gasteiger partial charge on any atom is 0.239 e. The summed E-state index contributed by atoms with van der Waals surface area (Å²) in [5.74, 6) is -0.0267. The minimum atomic E-state index is -0.172. The van der Waals surface area contributed by atoms with E-state index >= 15 is 0 Å². The van der Waals surface area contributed by atoms with Gasteiger partial charge in [0.25, 0.3) is 0 Å². The first-order chi connectivity index (χ1) is 8.35. The largest absolute Gasteiger partial charge is 0.375 e. The van der Waals surface area contributed by atoms with Gasteiger partial charge in [0.2, 0.25) is 5.91 Å². The van der Waals surface area contributed by atoms with Crippen molar-refractivity contribution in [1.82, 2.24) is 5.32 Å². The lowest BCUT2D eigenvalue weighted by Gasteiger charge is -2.24. The SMILES string of the molecule is CCC(C)(C)NC(=O)CNc1c(C)cccc1Cl. The normalized spacial score (nSPS) is 11.2. The summed E-state index contributed by atoms with van der Waals surface area (Å²) in [6.45, 7) is 8.25. The lowest BCUT2D eigenvalue weighted by atomic mass is 10.0. The zero-order chi connectivity index (χ0) is 13.8. The zero-order valence-corrected chi connectivity index (χ0v) is 12.2. The van der Waals surface area contributed by atoms with Gasteiger partial charge in [-0.25, -0.2) is 0 Å². The van der Waals surface area contributed by atoms with Gasteiger partial charge in [0.05, 0.1) is 17.3 Å². The number of aryl methyl sites for hydroxylation is 1. The van der Waals surface area contributed by atoms with Gasteiger partial charge in [-0.2, -0.15) is 0 Å². The molecule has 0 aliphatic carbocycles. The highest BCUT2D eigenvalue weighted by Crippen LogP contribution is 2.24. The highest BCUT2D eigenvalue weighted by molar-refractivity contribution is 6.33. The van der Waals surface area contributed by atoms with E-state index in [0.717, 1.165) is 17.7 Å². The van der Waals surface area contributed by atoms with Crippen molar-refractivity contribution in [1.29, 1.82) is 0 Å². The first kappa shape index (κ1) is 14.8. The quantitative estimate of drug-likeness (QED) is 0.860. The van der Waals surface area contributed by atoms with Gasteiger partial charge in [0.15, 0.2) is 0 Å². The highest BCUT2D eigenvalue weighted by atomic mass is 35.5. The molecular weight excluding hydrogens is 248 g/mol. The van der Waals surface area contributed by atoms with E-state index in [-0.39, 0.29) is 18.0 Å². The molecule has 0 radical (unpaired) electrons. The fourth-order valence-corrected chi connectivity index (χ4v) is 1.82. The maximum atomic E-state index is 11.8. The molecule has 0 saturated heterocycles. The molecule has 100 valence electrons. The third-order valence-electron chi connectivity index (χ3n) is 3.01. The molecule has 0 unspecified atom stereocenters. The van der Waals surface area contributed by atoms with Crippen LogP contribution in [0.2, 0.25) is 5.02 Å². The molecule has 3 nitrogen and oxygen atoms in total. The van der Waals surface area contributed by atoms with Crippen molar-refractivity contribution < 1.29 is 4.79 Å². The number of halogens is 1. The van der Waals surface area contributed by atoms with Crippen LogP contribution in [0.1, 0.15) is 32.8 Å².